The fourth-order valence-corrected chi connectivity index (χ4v) is 3.70. The molecule has 2 aliphatic rings. The Morgan fingerprint density at radius 2 is 2.14 bits per heavy atom. The topological polar surface area (TPSA) is 51.2 Å². The van der Waals surface area contributed by atoms with E-state index in [2.05, 4.69) is 10.8 Å². The summed E-state index contributed by atoms with van der Waals surface area (Å²) in [7, 11) is 1.60. The first-order valence-corrected chi connectivity index (χ1v) is 9.42. The first kappa shape index (κ1) is 20.3. The first-order chi connectivity index (χ1) is 13.2. The lowest BCUT2D eigenvalue weighted by Crippen LogP contribution is -2.56. The second-order valence-corrected chi connectivity index (χ2v) is 8.15. The van der Waals surface area contributed by atoms with Crippen molar-refractivity contribution in [2.75, 3.05) is 38.3 Å². The number of nitrogens with zero attached hydrogens (tertiary/aromatic N) is 2. The molecule has 0 saturated carbocycles. The highest BCUT2D eigenvalue weighted by Gasteiger charge is 2.38. The highest BCUT2D eigenvalue weighted by Crippen LogP contribution is 2.39. The first-order valence-electron chi connectivity index (χ1n) is 9.42. The average Bonchev–Trinajstić information content (AvgIpc) is 2.76. The van der Waals surface area contributed by atoms with Gasteiger partial charge in [0.25, 0.3) is 0 Å². The number of ether oxygens (including phenoxy) is 3. The van der Waals surface area contributed by atoms with Gasteiger partial charge in [-0.25, -0.2) is 9.18 Å². The van der Waals surface area contributed by atoms with Crippen LogP contribution in [0.5, 0.6) is 5.75 Å². The van der Waals surface area contributed by atoms with Gasteiger partial charge < -0.3 is 24.0 Å². The quantitative estimate of drug-likeness (QED) is 0.727. The molecule has 2 heterocycles. The van der Waals surface area contributed by atoms with Gasteiger partial charge >= 0.3 is 6.09 Å². The van der Waals surface area contributed by atoms with E-state index >= 15 is 0 Å². The molecule has 0 bridgehead atoms. The summed E-state index contributed by atoms with van der Waals surface area (Å²) in [6.45, 7) is 7.37. The van der Waals surface area contributed by atoms with E-state index in [-0.39, 0.29) is 18.2 Å². The minimum absolute atomic E-state index is 0.0601. The number of carbonyl (C=O) groups excluding carboxylic acids is 1. The van der Waals surface area contributed by atoms with E-state index in [1.54, 1.807) is 12.0 Å². The summed E-state index contributed by atoms with van der Waals surface area (Å²) in [5, 5.41) is 0. The predicted octanol–water partition coefficient (Wildman–Crippen LogP) is 3.03. The van der Waals surface area contributed by atoms with Crippen LogP contribution in [-0.4, -0.2) is 62.1 Å². The van der Waals surface area contributed by atoms with Crippen LogP contribution in [0.4, 0.5) is 14.9 Å². The number of piperazine rings is 1. The minimum atomic E-state index is -0.559. The monoisotopic (exact) mass is 390 g/mol. The number of methoxy groups -OCH3 is 1. The van der Waals surface area contributed by atoms with E-state index in [1.807, 2.05) is 20.8 Å². The van der Waals surface area contributed by atoms with Crippen molar-refractivity contribution in [3.63, 3.8) is 0 Å². The molecule has 3 rings (SSSR count). The van der Waals surface area contributed by atoms with Crippen LogP contribution in [0.2, 0.25) is 0 Å². The Balaban J connectivity index is 1.91. The molecule has 1 aromatic rings. The second-order valence-electron chi connectivity index (χ2n) is 8.15. The molecular weight excluding hydrogens is 363 g/mol. The van der Waals surface area contributed by atoms with E-state index in [9.17, 15) is 9.18 Å². The molecule has 152 valence electrons. The maximum Gasteiger partial charge on any atom is 0.410 e. The van der Waals surface area contributed by atoms with Crippen molar-refractivity contribution in [2.24, 2.45) is 0 Å². The maximum atomic E-state index is 14.2. The van der Waals surface area contributed by atoms with Crippen molar-refractivity contribution in [1.29, 1.82) is 0 Å². The van der Waals surface area contributed by atoms with E-state index < -0.39 is 11.4 Å². The zero-order valence-corrected chi connectivity index (χ0v) is 16.8. The summed E-state index contributed by atoms with van der Waals surface area (Å²) < 4.78 is 31.1. The summed E-state index contributed by atoms with van der Waals surface area (Å²) in [6.07, 6.45) is 5.61. The Bertz CT molecular complexity index is 784. The molecule has 1 aromatic carbocycles. The number of hydrogen-bond donors (Lipinski definition) is 0. The average molecular weight is 390 g/mol. The molecule has 28 heavy (non-hydrogen) atoms. The van der Waals surface area contributed by atoms with Gasteiger partial charge in [0.2, 0.25) is 0 Å². The van der Waals surface area contributed by atoms with E-state index in [0.717, 1.165) is 0 Å². The van der Waals surface area contributed by atoms with Gasteiger partial charge in [0, 0.05) is 39.2 Å². The van der Waals surface area contributed by atoms with Gasteiger partial charge in [0.15, 0.2) is 5.75 Å². The van der Waals surface area contributed by atoms with Gasteiger partial charge in [0.05, 0.1) is 23.9 Å². The molecule has 0 unspecified atom stereocenters. The third-order valence-electron chi connectivity index (χ3n) is 4.81. The standard InChI is InChI=1S/C21H27FN2O4/c1-6-14-9-15(22)10-18-19(14)27-17(13-26-5)11-16-12-23(7-8-24(16)18)20(25)28-21(2,3)4/h1,9-10,16-17H,7-8,11-13H2,2-5H3/t16-,17+/m1/s1. The molecular formula is C21H27FN2O4. The number of hydrogen-bond acceptors (Lipinski definition) is 5. The number of fused-ring (bicyclic) bond motifs is 3. The highest BCUT2D eigenvalue weighted by atomic mass is 19.1. The Morgan fingerprint density at radius 1 is 1.39 bits per heavy atom. The molecule has 1 saturated heterocycles. The number of benzene rings is 1. The van der Waals surface area contributed by atoms with Gasteiger partial charge in [-0.05, 0) is 26.8 Å². The van der Waals surface area contributed by atoms with Gasteiger partial charge in [-0.2, -0.15) is 0 Å². The molecule has 1 fully saturated rings. The van der Waals surface area contributed by atoms with Crippen molar-refractivity contribution >= 4 is 11.8 Å². The van der Waals surface area contributed by atoms with Crippen LogP contribution in [0.15, 0.2) is 12.1 Å². The van der Waals surface area contributed by atoms with E-state index in [0.29, 0.717) is 49.7 Å². The number of carbonyl (C=O) groups is 1. The summed E-state index contributed by atoms with van der Waals surface area (Å²) >= 11 is 0. The molecule has 0 spiro atoms. The fraction of sp³-hybridized carbons (Fsp3) is 0.571. The number of terminal acetylenes is 1. The van der Waals surface area contributed by atoms with Crippen LogP contribution in [0.3, 0.4) is 0 Å². The lowest BCUT2D eigenvalue weighted by Gasteiger charge is -2.42. The minimum Gasteiger partial charge on any atom is -0.484 e. The predicted molar refractivity (Wildman–Crippen MR) is 104 cm³/mol. The molecule has 0 aromatic heterocycles. The van der Waals surface area contributed by atoms with Crippen LogP contribution < -0.4 is 9.64 Å². The lowest BCUT2D eigenvalue weighted by molar-refractivity contribution is 0.0190. The number of amides is 1. The van der Waals surface area contributed by atoms with Gasteiger partial charge in [0.1, 0.15) is 17.5 Å². The van der Waals surface area contributed by atoms with Crippen molar-refractivity contribution in [3.05, 3.63) is 23.5 Å². The van der Waals surface area contributed by atoms with E-state index in [1.165, 1.54) is 12.1 Å². The number of anilines is 1. The zero-order valence-electron chi connectivity index (χ0n) is 16.8. The zero-order chi connectivity index (χ0) is 20.5. The summed E-state index contributed by atoms with van der Waals surface area (Å²) in [6, 6.07) is 2.69. The highest BCUT2D eigenvalue weighted by molar-refractivity contribution is 5.70. The molecule has 6 nitrogen and oxygen atoms in total. The SMILES string of the molecule is C#Cc1cc(F)cc2c1O[C@H](COC)C[C@@H]1CN(C(=O)OC(C)(C)C)CCN21. The lowest BCUT2D eigenvalue weighted by atomic mass is 10.0. The summed E-state index contributed by atoms with van der Waals surface area (Å²) in [5.74, 6) is 2.61. The van der Waals surface area contributed by atoms with Crippen molar-refractivity contribution in [1.82, 2.24) is 4.90 Å². The van der Waals surface area contributed by atoms with Crippen LogP contribution in [0, 0.1) is 18.2 Å². The normalized spacial score (nSPS) is 21.7. The molecule has 0 aliphatic carbocycles. The van der Waals surface area contributed by atoms with Crippen LogP contribution >= 0.6 is 0 Å². The summed E-state index contributed by atoms with van der Waals surface area (Å²) in [5.41, 5.74) is 0.447. The largest absolute Gasteiger partial charge is 0.484 e. The number of halogens is 1. The second kappa shape index (κ2) is 7.88. The third kappa shape index (κ3) is 4.33. The molecule has 0 N–H and O–H groups in total. The number of rotatable bonds is 2. The van der Waals surface area contributed by atoms with Gasteiger partial charge in [-0.15, -0.1) is 6.42 Å². The summed E-state index contributed by atoms with van der Waals surface area (Å²) in [4.78, 5) is 16.3. The molecule has 1 amide bonds. The van der Waals surface area contributed by atoms with Crippen molar-refractivity contribution in [3.8, 4) is 18.1 Å². The van der Waals surface area contributed by atoms with Gasteiger partial charge in [-0.1, -0.05) is 5.92 Å². The Morgan fingerprint density at radius 3 is 2.79 bits per heavy atom. The fourth-order valence-electron chi connectivity index (χ4n) is 3.70. The van der Waals surface area contributed by atoms with Crippen molar-refractivity contribution in [2.45, 2.75) is 44.9 Å². The molecule has 7 heteroatoms. The Kier molecular flexibility index (Phi) is 5.71. The van der Waals surface area contributed by atoms with E-state index in [4.69, 9.17) is 20.6 Å². The van der Waals surface area contributed by atoms with Crippen LogP contribution in [0.25, 0.3) is 0 Å². The Hall–Kier alpha value is -2.46. The third-order valence-corrected chi connectivity index (χ3v) is 4.81. The van der Waals surface area contributed by atoms with Crippen LogP contribution in [0.1, 0.15) is 32.8 Å². The Labute approximate surface area is 165 Å². The molecule has 2 atom stereocenters. The molecule has 0 radical (unpaired) electrons. The maximum absolute atomic E-state index is 14.2. The van der Waals surface area contributed by atoms with Crippen molar-refractivity contribution < 1.29 is 23.4 Å². The molecule has 2 aliphatic heterocycles. The van der Waals surface area contributed by atoms with Gasteiger partial charge in [-0.3, -0.25) is 0 Å². The smallest absolute Gasteiger partial charge is 0.410 e. The van der Waals surface area contributed by atoms with Crippen LogP contribution in [-0.2, 0) is 9.47 Å².